The summed E-state index contributed by atoms with van der Waals surface area (Å²) in [5, 5.41) is 4.73. The number of likely N-dealkylation sites (tertiary alicyclic amines) is 1. The summed E-state index contributed by atoms with van der Waals surface area (Å²) in [7, 11) is 0. The number of halogens is 1. The number of carbonyl (C=O) groups excluding carboxylic acids is 1. The van der Waals surface area contributed by atoms with Crippen molar-refractivity contribution in [2.45, 2.75) is 32.7 Å². The van der Waals surface area contributed by atoms with Gasteiger partial charge in [0.15, 0.2) is 0 Å². The highest BCUT2D eigenvalue weighted by Crippen LogP contribution is 2.26. The summed E-state index contributed by atoms with van der Waals surface area (Å²) in [5.74, 6) is -0.0880. The predicted octanol–water partition coefficient (Wildman–Crippen LogP) is 3.98. The number of aryl methyl sites for hydroxylation is 2. The van der Waals surface area contributed by atoms with E-state index in [-0.39, 0.29) is 11.9 Å². The zero-order valence-corrected chi connectivity index (χ0v) is 15.6. The first-order valence-electron chi connectivity index (χ1n) is 8.26. The minimum atomic E-state index is -0.0880. The fourth-order valence-corrected chi connectivity index (χ4v) is 4.15. The van der Waals surface area contributed by atoms with Crippen molar-refractivity contribution in [2.24, 2.45) is 0 Å². The van der Waals surface area contributed by atoms with Gasteiger partial charge in [-0.15, -0.1) is 11.3 Å². The van der Waals surface area contributed by atoms with Gasteiger partial charge in [0, 0.05) is 16.4 Å². The molecule has 128 valence electrons. The van der Waals surface area contributed by atoms with Crippen LogP contribution in [0.5, 0.6) is 0 Å². The summed E-state index contributed by atoms with van der Waals surface area (Å²) in [6, 6.07) is 8.10. The smallest absolute Gasteiger partial charge is 0.271 e. The fourth-order valence-electron chi connectivity index (χ4n) is 3.21. The lowest BCUT2D eigenvalue weighted by molar-refractivity contribution is 0.0933. The highest BCUT2D eigenvalue weighted by atomic mass is 35.5. The molecule has 0 unspecified atom stereocenters. The summed E-state index contributed by atoms with van der Waals surface area (Å²) in [5.41, 5.74) is 1.74. The maximum Gasteiger partial charge on any atom is 0.271 e. The van der Waals surface area contributed by atoms with Crippen molar-refractivity contribution in [3.8, 4) is 0 Å². The third kappa shape index (κ3) is 3.97. The predicted molar refractivity (Wildman–Crippen MR) is 98.9 cm³/mol. The number of benzene rings is 1. The molecule has 0 spiro atoms. The highest BCUT2D eigenvalue weighted by molar-refractivity contribution is 7.11. The highest BCUT2D eigenvalue weighted by Gasteiger charge is 2.24. The first-order chi connectivity index (χ1) is 11.5. The Kier molecular flexibility index (Phi) is 5.54. The summed E-state index contributed by atoms with van der Waals surface area (Å²) in [6.07, 6.45) is 2.42. The molecule has 1 aromatic heterocycles. The second-order valence-electron chi connectivity index (χ2n) is 6.16. The van der Waals surface area contributed by atoms with Crippen LogP contribution in [0, 0.1) is 13.8 Å². The third-order valence-electron chi connectivity index (χ3n) is 4.41. The van der Waals surface area contributed by atoms with Gasteiger partial charge in [-0.3, -0.25) is 9.69 Å². The molecule has 0 bridgehead atoms. The van der Waals surface area contributed by atoms with Crippen LogP contribution < -0.4 is 5.32 Å². The maximum atomic E-state index is 12.5. The van der Waals surface area contributed by atoms with E-state index >= 15 is 0 Å². The quantitative estimate of drug-likeness (QED) is 0.873. The van der Waals surface area contributed by atoms with E-state index in [1.165, 1.54) is 18.4 Å². The number of nitrogens with one attached hydrogen (secondary N) is 1. The van der Waals surface area contributed by atoms with E-state index in [2.05, 4.69) is 27.3 Å². The Bertz CT molecular complexity index is 708. The minimum Gasteiger partial charge on any atom is -0.349 e. The summed E-state index contributed by atoms with van der Waals surface area (Å²) < 4.78 is 0. The van der Waals surface area contributed by atoms with Crippen molar-refractivity contribution in [2.75, 3.05) is 19.6 Å². The molecule has 24 heavy (non-hydrogen) atoms. The monoisotopic (exact) mass is 363 g/mol. The minimum absolute atomic E-state index is 0.0880. The second-order valence-corrected chi connectivity index (χ2v) is 8.00. The molecular weight excluding hydrogens is 342 g/mol. The lowest BCUT2D eigenvalue weighted by Gasteiger charge is -2.28. The normalized spacial score (nSPS) is 16.3. The molecule has 1 fully saturated rings. The van der Waals surface area contributed by atoms with E-state index < -0.39 is 0 Å². The second kappa shape index (κ2) is 7.64. The van der Waals surface area contributed by atoms with Crippen molar-refractivity contribution < 1.29 is 4.79 Å². The molecule has 3 rings (SSSR count). The SMILES string of the molecule is Cc1nc(C(=O)NC[C@H](c2ccc(Cl)cc2)N2CCCC2)c(C)s1. The molecule has 6 heteroatoms. The molecule has 0 aliphatic carbocycles. The lowest BCUT2D eigenvalue weighted by atomic mass is 10.1. The number of hydrogen-bond donors (Lipinski definition) is 1. The van der Waals surface area contributed by atoms with Gasteiger partial charge in [0.1, 0.15) is 5.69 Å². The van der Waals surface area contributed by atoms with Gasteiger partial charge in [-0.2, -0.15) is 0 Å². The standard InChI is InChI=1S/C18H22ClN3OS/c1-12-17(21-13(2)24-12)18(23)20-11-16(22-9-3-4-10-22)14-5-7-15(19)8-6-14/h5-8,16H,3-4,9-11H2,1-2H3,(H,20,23)/t16-/m1/s1. The number of rotatable bonds is 5. The molecule has 2 heterocycles. The molecule has 2 aromatic rings. The largest absolute Gasteiger partial charge is 0.349 e. The number of aromatic nitrogens is 1. The topological polar surface area (TPSA) is 45.2 Å². The number of hydrogen-bond acceptors (Lipinski definition) is 4. The van der Waals surface area contributed by atoms with Crippen molar-refractivity contribution in [3.63, 3.8) is 0 Å². The first kappa shape index (κ1) is 17.4. The number of nitrogens with zero attached hydrogens (tertiary/aromatic N) is 2. The van der Waals surface area contributed by atoms with Gasteiger partial charge >= 0.3 is 0 Å². The molecule has 1 saturated heterocycles. The van der Waals surface area contributed by atoms with Crippen molar-refractivity contribution in [1.82, 2.24) is 15.2 Å². The van der Waals surface area contributed by atoms with Crippen molar-refractivity contribution >= 4 is 28.8 Å². The zero-order chi connectivity index (χ0) is 17.1. The Morgan fingerprint density at radius 2 is 1.96 bits per heavy atom. The van der Waals surface area contributed by atoms with Crippen LogP contribution in [0.1, 0.15) is 44.8 Å². The summed E-state index contributed by atoms with van der Waals surface area (Å²) in [6.45, 7) is 6.58. The van der Waals surface area contributed by atoms with E-state index in [0.717, 1.165) is 28.0 Å². The Hall–Kier alpha value is -1.43. The average molecular weight is 364 g/mol. The van der Waals surface area contributed by atoms with Crippen LogP contribution in [0.15, 0.2) is 24.3 Å². The van der Waals surface area contributed by atoms with Gasteiger partial charge in [-0.05, 0) is 57.5 Å². The van der Waals surface area contributed by atoms with Gasteiger partial charge in [-0.25, -0.2) is 4.98 Å². The molecule has 1 aliphatic rings. The molecular formula is C18H22ClN3OS. The van der Waals surface area contributed by atoms with Crippen LogP contribution in [-0.2, 0) is 0 Å². The molecule has 1 N–H and O–H groups in total. The molecule has 1 aliphatic heterocycles. The van der Waals surface area contributed by atoms with Crippen LogP contribution in [0.2, 0.25) is 5.02 Å². The maximum absolute atomic E-state index is 12.5. The van der Waals surface area contributed by atoms with E-state index in [0.29, 0.717) is 12.2 Å². The first-order valence-corrected chi connectivity index (χ1v) is 9.46. The number of carbonyl (C=O) groups is 1. The summed E-state index contributed by atoms with van der Waals surface area (Å²) in [4.78, 5) is 20.2. The molecule has 1 amide bonds. The van der Waals surface area contributed by atoms with Crippen molar-refractivity contribution in [1.29, 1.82) is 0 Å². The van der Waals surface area contributed by atoms with E-state index in [1.54, 1.807) is 11.3 Å². The molecule has 0 saturated carbocycles. The Balaban J connectivity index is 1.73. The number of thiazole rings is 1. The third-order valence-corrected chi connectivity index (χ3v) is 5.55. The Morgan fingerprint density at radius 1 is 1.29 bits per heavy atom. The van der Waals surface area contributed by atoms with Gasteiger partial charge in [0.25, 0.3) is 5.91 Å². The van der Waals surface area contributed by atoms with Gasteiger partial charge < -0.3 is 5.32 Å². The Labute approximate surface area is 151 Å². The van der Waals surface area contributed by atoms with Crippen molar-refractivity contribution in [3.05, 3.63) is 50.4 Å². The van der Waals surface area contributed by atoms with Crippen LogP contribution in [0.4, 0.5) is 0 Å². The Morgan fingerprint density at radius 3 is 2.54 bits per heavy atom. The van der Waals surface area contributed by atoms with Crippen LogP contribution in [0.3, 0.4) is 0 Å². The zero-order valence-electron chi connectivity index (χ0n) is 14.0. The van der Waals surface area contributed by atoms with Gasteiger partial charge in [0.2, 0.25) is 0 Å². The molecule has 1 aromatic carbocycles. The van der Waals surface area contributed by atoms with Crippen LogP contribution in [0.25, 0.3) is 0 Å². The molecule has 1 atom stereocenters. The summed E-state index contributed by atoms with van der Waals surface area (Å²) >= 11 is 7.57. The molecule has 4 nitrogen and oxygen atoms in total. The number of amides is 1. The van der Waals surface area contributed by atoms with Gasteiger partial charge in [0.05, 0.1) is 11.0 Å². The fraction of sp³-hybridized carbons (Fsp3) is 0.444. The van der Waals surface area contributed by atoms with Gasteiger partial charge in [-0.1, -0.05) is 23.7 Å². The average Bonchev–Trinajstić information content (AvgIpc) is 3.19. The van der Waals surface area contributed by atoms with E-state index in [9.17, 15) is 4.79 Å². The van der Waals surface area contributed by atoms with E-state index in [1.807, 2.05) is 26.0 Å². The lowest BCUT2D eigenvalue weighted by Crippen LogP contribution is -2.37. The van der Waals surface area contributed by atoms with E-state index in [4.69, 9.17) is 11.6 Å². The van der Waals surface area contributed by atoms with Crippen LogP contribution in [-0.4, -0.2) is 35.4 Å². The molecule has 0 radical (unpaired) electrons. The van der Waals surface area contributed by atoms with Crippen LogP contribution >= 0.6 is 22.9 Å².